The van der Waals surface area contributed by atoms with E-state index in [1.54, 1.807) is 6.92 Å². The van der Waals surface area contributed by atoms with E-state index in [4.69, 9.17) is 5.11 Å². The fraction of sp³-hybridized carbons (Fsp3) is 0.625. The number of hydrogen-bond donors (Lipinski definition) is 2. The first-order chi connectivity index (χ1) is 6.04. The Morgan fingerprint density at radius 3 is 2.46 bits per heavy atom. The fourth-order valence-corrected chi connectivity index (χ4v) is 1.33. The van der Waals surface area contributed by atoms with E-state index in [1.807, 2.05) is 22.6 Å². The van der Waals surface area contributed by atoms with Gasteiger partial charge in [0.15, 0.2) is 0 Å². The van der Waals surface area contributed by atoms with E-state index in [-0.39, 0.29) is 12.2 Å². The van der Waals surface area contributed by atoms with Crippen LogP contribution < -0.4 is 0 Å². The first-order valence-corrected chi connectivity index (χ1v) is 5.12. The molecule has 0 radical (unpaired) electrons. The maximum atomic E-state index is 11.2. The number of aliphatic hydroxyl groups excluding tert-OH is 2. The van der Waals surface area contributed by atoms with Crippen LogP contribution >= 0.6 is 22.6 Å². The highest BCUT2D eigenvalue weighted by molar-refractivity contribution is 14.1. The van der Waals surface area contributed by atoms with Crippen molar-refractivity contribution >= 4 is 28.6 Å². The molecule has 0 saturated carbocycles. The van der Waals surface area contributed by atoms with Crippen LogP contribution in [0.15, 0.2) is 9.66 Å². The number of ether oxygens (including phenoxy) is 1. The molecule has 76 valence electrons. The maximum absolute atomic E-state index is 11.2. The fourth-order valence-electron chi connectivity index (χ4n) is 0.704. The largest absolute Gasteiger partial charge is 0.463 e. The summed E-state index contributed by atoms with van der Waals surface area (Å²) in [6, 6.07) is 0. The molecule has 0 aliphatic carbocycles. The quantitative estimate of drug-likeness (QED) is 0.453. The molecule has 2 N–H and O–H groups in total. The van der Waals surface area contributed by atoms with Crippen LogP contribution in [0.1, 0.15) is 13.8 Å². The highest BCUT2D eigenvalue weighted by Crippen LogP contribution is 2.11. The summed E-state index contributed by atoms with van der Waals surface area (Å²) in [5.41, 5.74) is 0.0810. The second kappa shape index (κ2) is 6.33. The summed E-state index contributed by atoms with van der Waals surface area (Å²) in [5.74, 6) is -0.592. The number of hydrogen-bond acceptors (Lipinski definition) is 4. The van der Waals surface area contributed by atoms with Gasteiger partial charge in [-0.05, 0) is 17.9 Å². The van der Waals surface area contributed by atoms with Crippen LogP contribution in [0, 0.1) is 0 Å². The second-order valence-corrected chi connectivity index (χ2v) is 3.09. The summed E-state index contributed by atoms with van der Waals surface area (Å²) in [6.45, 7) is 3.33. The van der Waals surface area contributed by atoms with Crippen LogP contribution in [0.25, 0.3) is 0 Å². The summed E-state index contributed by atoms with van der Waals surface area (Å²) in [5, 5.41) is 18.4. The molecule has 0 saturated heterocycles. The predicted molar refractivity (Wildman–Crippen MR) is 56.4 cm³/mol. The average molecular weight is 300 g/mol. The molecule has 0 heterocycles. The van der Waals surface area contributed by atoms with Crippen LogP contribution in [0.2, 0.25) is 0 Å². The zero-order valence-electron chi connectivity index (χ0n) is 7.53. The summed E-state index contributed by atoms with van der Waals surface area (Å²) in [4.78, 5) is 11.2. The Balaban J connectivity index is 4.44. The maximum Gasteiger partial charge on any atom is 0.337 e. The van der Waals surface area contributed by atoms with Crippen molar-refractivity contribution < 1.29 is 19.7 Å². The van der Waals surface area contributed by atoms with E-state index in [0.717, 1.165) is 0 Å². The zero-order chi connectivity index (χ0) is 10.4. The van der Waals surface area contributed by atoms with Gasteiger partial charge in [0.1, 0.15) is 6.10 Å². The first-order valence-electron chi connectivity index (χ1n) is 3.88. The number of rotatable bonds is 4. The van der Waals surface area contributed by atoms with Gasteiger partial charge >= 0.3 is 5.97 Å². The molecular formula is C8H13IO4. The highest BCUT2D eigenvalue weighted by Gasteiger charge is 2.23. The number of esters is 1. The molecule has 0 aromatic heterocycles. The van der Waals surface area contributed by atoms with E-state index in [9.17, 15) is 9.90 Å². The Bertz CT molecular complexity index is 200. The summed E-state index contributed by atoms with van der Waals surface area (Å²) in [6.07, 6.45) is -2.17. The van der Waals surface area contributed by atoms with E-state index < -0.39 is 18.2 Å². The van der Waals surface area contributed by atoms with Crippen molar-refractivity contribution in [2.24, 2.45) is 0 Å². The smallest absolute Gasteiger partial charge is 0.337 e. The molecule has 0 spiro atoms. The Morgan fingerprint density at radius 2 is 2.15 bits per heavy atom. The molecule has 0 unspecified atom stereocenters. The average Bonchev–Trinajstić information content (AvgIpc) is 2.05. The lowest BCUT2D eigenvalue weighted by molar-refractivity contribution is -0.140. The van der Waals surface area contributed by atoms with Crippen LogP contribution in [0.3, 0.4) is 0 Å². The number of carbonyl (C=O) groups is 1. The third-order valence-corrected chi connectivity index (χ3v) is 2.08. The minimum absolute atomic E-state index is 0.0810. The molecule has 2 atom stereocenters. The standard InChI is InChI=1S/C8H13IO4/c1-3-13-8(12)6(4-9)7(11)5(2)10/h4-5,7,10-11H,3H2,1-2H3/b6-4-/t5-,7-/m1/s1. The van der Waals surface area contributed by atoms with E-state index >= 15 is 0 Å². The van der Waals surface area contributed by atoms with Crippen molar-refractivity contribution in [2.75, 3.05) is 6.61 Å². The topological polar surface area (TPSA) is 66.8 Å². The molecule has 0 aliphatic heterocycles. The molecule has 0 aliphatic rings. The minimum atomic E-state index is -1.18. The van der Waals surface area contributed by atoms with Gasteiger partial charge in [-0.2, -0.15) is 0 Å². The van der Waals surface area contributed by atoms with Crippen LogP contribution in [-0.4, -0.2) is 35.0 Å². The molecule has 0 fully saturated rings. The lowest BCUT2D eigenvalue weighted by Crippen LogP contribution is -2.29. The third-order valence-electron chi connectivity index (χ3n) is 1.40. The Morgan fingerprint density at radius 1 is 1.62 bits per heavy atom. The van der Waals surface area contributed by atoms with Gasteiger partial charge in [-0.3, -0.25) is 0 Å². The van der Waals surface area contributed by atoms with Gasteiger partial charge < -0.3 is 14.9 Å². The zero-order valence-corrected chi connectivity index (χ0v) is 9.69. The summed E-state index contributed by atoms with van der Waals surface area (Å²) < 4.78 is 6.09. The van der Waals surface area contributed by atoms with Crippen molar-refractivity contribution in [3.8, 4) is 0 Å². The third kappa shape index (κ3) is 4.06. The Labute approximate surface area is 90.7 Å². The van der Waals surface area contributed by atoms with Crippen molar-refractivity contribution in [3.63, 3.8) is 0 Å². The second-order valence-electron chi connectivity index (χ2n) is 2.47. The van der Waals surface area contributed by atoms with Crippen molar-refractivity contribution in [2.45, 2.75) is 26.1 Å². The van der Waals surface area contributed by atoms with Gasteiger partial charge in [-0.15, -0.1) is 0 Å². The van der Waals surface area contributed by atoms with Crippen molar-refractivity contribution in [1.82, 2.24) is 0 Å². The normalized spacial score (nSPS) is 16.5. The number of aliphatic hydroxyl groups is 2. The monoisotopic (exact) mass is 300 g/mol. The predicted octanol–water partition coefficient (Wildman–Crippen LogP) is 0.610. The molecule has 0 amide bonds. The van der Waals surface area contributed by atoms with E-state index in [1.165, 1.54) is 11.0 Å². The minimum Gasteiger partial charge on any atom is -0.463 e. The molecular weight excluding hydrogens is 287 g/mol. The molecule has 5 heteroatoms. The number of carbonyl (C=O) groups excluding carboxylic acids is 1. The molecule has 13 heavy (non-hydrogen) atoms. The molecule has 0 aromatic rings. The van der Waals surface area contributed by atoms with Gasteiger partial charge in [-0.25, -0.2) is 4.79 Å². The lowest BCUT2D eigenvalue weighted by atomic mass is 10.1. The molecule has 4 nitrogen and oxygen atoms in total. The first kappa shape index (κ1) is 12.9. The van der Waals surface area contributed by atoms with Crippen LogP contribution in [-0.2, 0) is 9.53 Å². The van der Waals surface area contributed by atoms with E-state index in [2.05, 4.69) is 4.74 Å². The van der Waals surface area contributed by atoms with Crippen LogP contribution in [0.4, 0.5) is 0 Å². The van der Waals surface area contributed by atoms with Crippen LogP contribution in [0.5, 0.6) is 0 Å². The summed E-state index contributed by atoms with van der Waals surface area (Å²) >= 11 is 1.82. The summed E-state index contributed by atoms with van der Waals surface area (Å²) in [7, 11) is 0. The van der Waals surface area contributed by atoms with Gasteiger partial charge in [0, 0.05) is 0 Å². The van der Waals surface area contributed by atoms with E-state index in [0.29, 0.717) is 0 Å². The highest BCUT2D eigenvalue weighted by atomic mass is 127. The molecule has 0 bridgehead atoms. The molecule has 0 aromatic carbocycles. The lowest BCUT2D eigenvalue weighted by Gasteiger charge is -2.15. The molecule has 0 rings (SSSR count). The SMILES string of the molecule is CCOC(=O)/C(=C\I)[C@H](O)[C@@H](C)O. The van der Waals surface area contributed by atoms with Crippen molar-refractivity contribution in [3.05, 3.63) is 9.66 Å². The van der Waals surface area contributed by atoms with Gasteiger partial charge in [0.25, 0.3) is 0 Å². The Hall–Kier alpha value is -0.140. The van der Waals surface area contributed by atoms with Crippen molar-refractivity contribution in [1.29, 1.82) is 0 Å². The van der Waals surface area contributed by atoms with Gasteiger partial charge in [0.2, 0.25) is 0 Å². The van der Waals surface area contributed by atoms with Gasteiger partial charge in [-0.1, -0.05) is 22.6 Å². The van der Waals surface area contributed by atoms with Gasteiger partial charge in [0.05, 0.1) is 18.3 Å². The Kier molecular flexibility index (Phi) is 6.27. The number of halogens is 1.